The predicted molar refractivity (Wildman–Crippen MR) is 142 cm³/mol. The minimum atomic E-state index is -0.584. The molecular weight excluding hydrogens is 474 g/mol. The summed E-state index contributed by atoms with van der Waals surface area (Å²) in [7, 11) is 1.66. The lowest BCUT2D eigenvalue weighted by Gasteiger charge is -2.36. The zero-order chi connectivity index (χ0) is 27.4. The van der Waals surface area contributed by atoms with Crippen LogP contribution in [0.3, 0.4) is 0 Å². The highest BCUT2D eigenvalue weighted by Crippen LogP contribution is 2.37. The lowest BCUT2D eigenvalue weighted by Crippen LogP contribution is -2.45. The van der Waals surface area contributed by atoms with Gasteiger partial charge in [0.1, 0.15) is 22.8 Å². The van der Waals surface area contributed by atoms with Gasteiger partial charge in [0.2, 0.25) is 0 Å². The van der Waals surface area contributed by atoms with E-state index in [-0.39, 0.29) is 24.3 Å². The number of unbranched alkanes of at least 4 members (excludes halogenated alkanes) is 1. The van der Waals surface area contributed by atoms with Crippen LogP contribution in [0.4, 0.5) is 15.4 Å². The van der Waals surface area contributed by atoms with Crippen molar-refractivity contribution in [1.29, 1.82) is 0 Å². The number of anilines is 1. The van der Waals surface area contributed by atoms with E-state index in [2.05, 4.69) is 0 Å². The number of carbonyl (C=O) groups is 2. The van der Waals surface area contributed by atoms with Gasteiger partial charge >= 0.3 is 12.2 Å². The zero-order valence-electron chi connectivity index (χ0n) is 23.9. The molecule has 2 atom stereocenters. The second kappa shape index (κ2) is 11.9. The smallest absolute Gasteiger partial charge is 0.416 e. The number of pyridine rings is 1. The van der Waals surface area contributed by atoms with E-state index in [9.17, 15) is 9.59 Å². The van der Waals surface area contributed by atoms with Gasteiger partial charge in [0.15, 0.2) is 0 Å². The Morgan fingerprint density at radius 1 is 1.03 bits per heavy atom. The van der Waals surface area contributed by atoms with Gasteiger partial charge in [0.05, 0.1) is 19.8 Å². The molecule has 37 heavy (non-hydrogen) atoms. The Kier molecular flexibility index (Phi) is 9.32. The van der Waals surface area contributed by atoms with E-state index < -0.39 is 11.2 Å². The Morgan fingerprint density at radius 2 is 1.70 bits per heavy atom. The first-order chi connectivity index (χ1) is 17.3. The molecule has 208 valence electrons. The zero-order valence-corrected chi connectivity index (χ0v) is 23.9. The number of aromatic nitrogens is 1. The number of fused-ring (bicyclic) bond motifs is 1. The van der Waals surface area contributed by atoms with E-state index >= 15 is 0 Å². The molecule has 0 radical (unpaired) electrons. The molecular formula is C28H45N3O6. The van der Waals surface area contributed by atoms with Crippen molar-refractivity contribution >= 4 is 18.0 Å². The lowest BCUT2D eigenvalue weighted by molar-refractivity contribution is 0.0206. The first-order valence-corrected chi connectivity index (χ1v) is 13.5. The maximum atomic E-state index is 13.0. The first kappa shape index (κ1) is 29.0. The van der Waals surface area contributed by atoms with Crippen LogP contribution in [0.1, 0.15) is 85.4 Å². The molecule has 1 saturated heterocycles. The van der Waals surface area contributed by atoms with Crippen LogP contribution in [0.15, 0.2) is 6.07 Å². The third-order valence-corrected chi connectivity index (χ3v) is 6.38. The fraction of sp³-hybridized carbons (Fsp3) is 0.750. The normalized spacial score (nSPS) is 20.0. The van der Waals surface area contributed by atoms with Crippen molar-refractivity contribution in [3.8, 4) is 5.75 Å². The van der Waals surface area contributed by atoms with Gasteiger partial charge in [-0.05, 0) is 87.0 Å². The summed E-state index contributed by atoms with van der Waals surface area (Å²) < 4.78 is 22.9. The number of amides is 2. The highest BCUT2D eigenvalue weighted by molar-refractivity contribution is 5.89. The van der Waals surface area contributed by atoms with Crippen LogP contribution in [0.25, 0.3) is 0 Å². The monoisotopic (exact) mass is 519 g/mol. The van der Waals surface area contributed by atoms with Crippen LogP contribution in [0.2, 0.25) is 0 Å². The summed E-state index contributed by atoms with van der Waals surface area (Å²) in [6.45, 7) is 15.1. The molecule has 0 aliphatic carbocycles. The number of hydrogen-bond donors (Lipinski definition) is 0. The Bertz CT molecular complexity index is 952. The van der Waals surface area contributed by atoms with Gasteiger partial charge < -0.3 is 23.8 Å². The third-order valence-electron chi connectivity index (χ3n) is 6.38. The summed E-state index contributed by atoms with van der Waals surface area (Å²) in [5.74, 6) is 1.41. The number of carbonyl (C=O) groups excluding carboxylic acids is 2. The lowest BCUT2D eigenvalue weighted by atomic mass is 9.98. The van der Waals surface area contributed by atoms with Gasteiger partial charge in [0.25, 0.3) is 0 Å². The van der Waals surface area contributed by atoms with Crippen LogP contribution < -0.4 is 9.64 Å². The third kappa shape index (κ3) is 8.22. The van der Waals surface area contributed by atoms with E-state index in [4.69, 9.17) is 23.9 Å². The average molecular weight is 520 g/mol. The van der Waals surface area contributed by atoms with Crippen molar-refractivity contribution in [2.75, 3.05) is 31.7 Å². The highest BCUT2D eigenvalue weighted by atomic mass is 16.6. The van der Waals surface area contributed by atoms with E-state index in [1.54, 1.807) is 16.9 Å². The van der Waals surface area contributed by atoms with E-state index in [0.717, 1.165) is 55.5 Å². The highest BCUT2D eigenvalue weighted by Gasteiger charge is 2.35. The maximum Gasteiger partial charge on any atom is 0.416 e. The molecule has 1 unspecified atom stereocenters. The van der Waals surface area contributed by atoms with Crippen molar-refractivity contribution in [2.24, 2.45) is 0 Å². The van der Waals surface area contributed by atoms with Crippen LogP contribution in [-0.2, 0) is 27.1 Å². The van der Waals surface area contributed by atoms with Crippen LogP contribution in [0.5, 0.6) is 5.75 Å². The van der Waals surface area contributed by atoms with Crippen molar-refractivity contribution in [3.63, 3.8) is 0 Å². The van der Waals surface area contributed by atoms with Crippen LogP contribution >= 0.6 is 0 Å². The number of aryl methyl sites for hydroxylation is 1. The average Bonchev–Trinajstić information content (AvgIpc) is 3.25. The fourth-order valence-corrected chi connectivity index (χ4v) is 4.61. The second-order valence-electron chi connectivity index (χ2n) is 12.0. The number of methoxy groups -OCH3 is 1. The molecule has 0 saturated carbocycles. The van der Waals surface area contributed by atoms with Gasteiger partial charge in [-0.1, -0.05) is 0 Å². The van der Waals surface area contributed by atoms with Gasteiger partial charge in [-0.15, -0.1) is 0 Å². The second-order valence-corrected chi connectivity index (χ2v) is 12.0. The van der Waals surface area contributed by atoms with Gasteiger partial charge in [0, 0.05) is 36.5 Å². The summed E-state index contributed by atoms with van der Waals surface area (Å²) in [6.07, 6.45) is 4.35. The number of likely N-dealkylation sites (tertiary alicyclic amines) is 1. The summed E-state index contributed by atoms with van der Waals surface area (Å²) in [6, 6.07) is 1.98. The maximum absolute atomic E-state index is 13.0. The summed E-state index contributed by atoms with van der Waals surface area (Å²) in [5, 5.41) is 0. The molecule has 0 bridgehead atoms. The quantitative estimate of drug-likeness (QED) is 0.438. The van der Waals surface area contributed by atoms with E-state index in [1.807, 2.05) is 54.5 Å². The van der Waals surface area contributed by atoms with Crippen molar-refractivity contribution < 1.29 is 28.5 Å². The molecule has 1 aromatic rings. The molecule has 2 aliphatic rings. The molecule has 9 nitrogen and oxygen atoms in total. The molecule has 0 aromatic carbocycles. The standard InChI is InChI=1S/C28H45N3O6/c1-19-12-13-22-23(34-8)17-20(29-24(22)31(19)26(33)37-28(5,6)7)11-9-10-16-35-21-14-15-30(18-21)25(32)36-27(2,3)4/h17,19,21H,9-16,18H2,1-8H3/t19?,21-/m1/s1. The molecule has 3 rings (SSSR count). The molecule has 0 spiro atoms. The Morgan fingerprint density at radius 3 is 2.35 bits per heavy atom. The summed E-state index contributed by atoms with van der Waals surface area (Å²) in [5.41, 5.74) is 0.759. The number of nitrogens with zero attached hydrogens (tertiary/aromatic N) is 3. The fourth-order valence-electron chi connectivity index (χ4n) is 4.61. The van der Waals surface area contributed by atoms with Gasteiger partial charge in [-0.3, -0.25) is 4.90 Å². The molecule has 3 heterocycles. The van der Waals surface area contributed by atoms with Gasteiger partial charge in [-0.25, -0.2) is 14.6 Å². The van der Waals surface area contributed by atoms with Crippen molar-refractivity contribution in [2.45, 2.75) is 110 Å². The SMILES string of the molecule is COc1cc(CCCCO[C@@H]2CCN(C(=O)OC(C)(C)C)C2)nc2c1CCC(C)N2C(=O)OC(C)(C)C. The number of ether oxygens (including phenoxy) is 4. The van der Waals surface area contributed by atoms with Crippen LogP contribution in [-0.4, -0.2) is 72.2 Å². The molecule has 1 fully saturated rings. The van der Waals surface area contributed by atoms with Crippen molar-refractivity contribution in [1.82, 2.24) is 9.88 Å². The Labute approximate surface area is 221 Å². The van der Waals surface area contributed by atoms with Crippen LogP contribution in [0, 0.1) is 0 Å². The molecule has 2 aliphatic heterocycles. The number of rotatable bonds is 7. The van der Waals surface area contributed by atoms with E-state index in [0.29, 0.717) is 25.5 Å². The topological polar surface area (TPSA) is 90.4 Å². The molecule has 2 amide bonds. The molecule has 1 aromatic heterocycles. The largest absolute Gasteiger partial charge is 0.496 e. The molecule has 0 N–H and O–H groups in total. The summed E-state index contributed by atoms with van der Waals surface area (Å²) >= 11 is 0. The first-order valence-electron chi connectivity index (χ1n) is 13.5. The Balaban J connectivity index is 1.54. The minimum Gasteiger partial charge on any atom is -0.496 e. The Hall–Kier alpha value is -2.55. The van der Waals surface area contributed by atoms with Gasteiger partial charge in [-0.2, -0.15) is 0 Å². The summed E-state index contributed by atoms with van der Waals surface area (Å²) in [4.78, 5) is 33.6. The number of hydrogen-bond acceptors (Lipinski definition) is 7. The minimum absolute atomic E-state index is 0.00476. The molecule has 9 heteroatoms. The van der Waals surface area contributed by atoms with Crippen molar-refractivity contribution in [3.05, 3.63) is 17.3 Å². The van der Waals surface area contributed by atoms with E-state index in [1.165, 1.54) is 0 Å². The predicted octanol–water partition coefficient (Wildman–Crippen LogP) is 5.52.